The Morgan fingerprint density at radius 3 is 2.48 bits per heavy atom. The van der Waals surface area contributed by atoms with Crippen LogP contribution in [0.3, 0.4) is 0 Å². The van der Waals surface area contributed by atoms with Crippen LogP contribution in [-0.2, 0) is 13.6 Å². The Morgan fingerprint density at radius 1 is 1.38 bits per heavy atom. The highest BCUT2D eigenvalue weighted by Crippen LogP contribution is 2.22. The molecule has 0 rings (SSSR count). The molecule has 3 atom stereocenters. The first-order chi connectivity index (χ1) is 9.74. The van der Waals surface area contributed by atoms with Crippen molar-refractivity contribution in [2.24, 2.45) is 5.92 Å². The van der Waals surface area contributed by atoms with Crippen molar-refractivity contribution in [3.63, 3.8) is 0 Å². The van der Waals surface area contributed by atoms with Gasteiger partial charge in [0.1, 0.15) is 5.78 Å². The fraction of sp³-hybridized carbons (Fsp3) is 0.933. The second-order valence-electron chi connectivity index (χ2n) is 6.27. The van der Waals surface area contributed by atoms with E-state index in [-0.39, 0.29) is 0 Å². The molecule has 0 aromatic heterocycles. The molecule has 0 aromatic carbocycles. The molecular formula is C15H33NO3SSi. The van der Waals surface area contributed by atoms with Crippen molar-refractivity contribution >= 4 is 27.0 Å². The summed E-state index contributed by atoms with van der Waals surface area (Å²) < 4.78 is 11.4. The van der Waals surface area contributed by atoms with E-state index in [0.29, 0.717) is 42.6 Å². The van der Waals surface area contributed by atoms with Crippen LogP contribution in [0.2, 0.25) is 12.6 Å². The van der Waals surface area contributed by atoms with Gasteiger partial charge in [-0.15, -0.1) is 0 Å². The zero-order chi connectivity index (χ0) is 16.5. The maximum atomic E-state index is 12.1. The Balaban J connectivity index is 4.19. The molecule has 6 heteroatoms. The molecule has 0 bridgehead atoms. The number of carbonyl (C=O) groups is 1. The summed E-state index contributed by atoms with van der Waals surface area (Å²) in [5.74, 6) is 0.626. The van der Waals surface area contributed by atoms with Crippen molar-refractivity contribution < 1.29 is 13.6 Å². The summed E-state index contributed by atoms with van der Waals surface area (Å²) >= 11 is 4.58. The normalized spacial score (nSPS) is 17.5. The van der Waals surface area contributed by atoms with E-state index in [2.05, 4.69) is 26.5 Å². The Morgan fingerprint density at radius 2 is 2.00 bits per heavy atom. The zero-order valence-electron chi connectivity index (χ0n) is 14.5. The Kier molecular flexibility index (Phi) is 10.8. The molecule has 0 saturated heterocycles. The van der Waals surface area contributed by atoms with E-state index in [1.54, 1.807) is 7.11 Å². The van der Waals surface area contributed by atoms with Gasteiger partial charge in [0, 0.05) is 25.2 Å². The molecule has 0 aromatic rings. The van der Waals surface area contributed by atoms with Gasteiger partial charge in [0.15, 0.2) is 0 Å². The minimum absolute atomic E-state index is 0.293. The predicted molar refractivity (Wildman–Crippen MR) is 94.2 cm³/mol. The molecule has 0 aliphatic heterocycles. The molecule has 21 heavy (non-hydrogen) atoms. The molecular weight excluding hydrogens is 302 g/mol. The van der Waals surface area contributed by atoms with E-state index < -0.39 is 8.56 Å². The lowest BCUT2D eigenvalue weighted by molar-refractivity contribution is -0.119. The van der Waals surface area contributed by atoms with Gasteiger partial charge < -0.3 is 8.85 Å². The van der Waals surface area contributed by atoms with Gasteiger partial charge in [-0.05, 0) is 39.0 Å². The number of ketones is 1. The molecule has 0 spiro atoms. The molecule has 0 amide bonds. The smallest absolute Gasteiger partial charge is 0.336 e. The number of thiol groups is 1. The van der Waals surface area contributed by atoms with Gasteiger partial charge in [0.05, 0.1) is 6.73 Å². The summed E-state index contributed by atoms with van der Waals surface area (Å²) in [5.41, 5.74) is 0. The first-order valence-corrected chi connectivity index (χ1v) is 10.8. The van der Waals surface area contributed by atoms with Gasteiger partial charge in [-0.25, -0.2) is 0 Å². The highest BCUT2D eigenvalue weighted by Gasteiger charge is 2.31. The second kappa shape index (κ2) is 10.8. The van der Waals surface area contributed by atoms with Crippen molar-refractivity contribution in [1.29, 1.82) is 0 Å². The molecule has 3 unspecified atom stereocenters. The third-order valence-corrected chi connectivity index (χ3v) is 7.24. The topological polar surface area (TPSA) is 38.8 Å². The number of hydrogen-bond donors (Lipinski definition) is 1. The third kappa shape index (κ3) is 9.68. The predicted octanol–water partition coefficient (Wildman–Crippen LogP) is 3.32. The lowest BCUT2D eigenvalue weighted by atomic mass is 9.97. The molecule has 126 valence electrons. The lowest BCUT2D eigenvalue weighted by Gasteiger charge is -2.27. The Bertz CT molecular complexity index is 305. The van der Waals surface area contributed by atoms with Crippen molar-refractivity contribution in [2.45, 2.75) is 57.4 Å². The summed E-state index contributed by atoms with van der Waals surface area (Å²) in [4.78, 5) is 14.1. The average molecular weight is 336 g/mol. The highest BCUT2D eigenvalue weighted by atomic mass is 32.1. The first kappa shape index (κ1) is 21.1. The van der Waals surface area contributed by atoms with Crippen molar-refractivity contribution in [1.82, 2.24) is 4.90 Å². The molecule has 4 nitrogen and oxygen atoms in total. The van der Waals surface area contributed by atoms with Gasteiger partial charge in [-0.3, -0.25) is 9.69 Å². The second-order valence-corrected chi connectivity index (χ2v) is 10.4. The van der Waals surface area contributed by atoms with Crippen molar-refractivity contribution in [3.05, 3.63) is 0 Å². The average Bonchev–Trinajstić information content (AvgIpc) is 2.43. The SMILES string of the molecule is CCCC(S)C(C)CC(=O)CC[Si](C)(OC)OCN(C)C. The number of carbonyl (C=O) groups excluding carboxylic acids is 1. The van der Waals surface area contributed by atoms with Crippen LogP contribution in [0.4, 0.5) is 0 Å². The van der Waals surface area contributed by atoms with Crippen LogP contribution in [0.1, 0.15) is 39.5 Å². The minimum atomic E-state index is -2.22. The van der Waals surface area contributed by atoms with Crippen LogP contribution < -0.4 is 0 Å². The zero-order valence-corrected chi connectivity index (χ0v) is 16.4. The van der Waals surface area contributed by atoms with E-state index in [9.17, 15) is 4.79 Å². The van der Waals surface area contributed by atoms with E-state index in [0.717, 1.165) is 12.8 Å². The number of Topliss-reactive ketones (excluding diaryl/α,β-unsaturated/α-hetero) is 1. The van der Waals surface area contributed by atoms with Crippen LogP contribution in [-0.4, -0.2) is 52.4 Å². The van der Waals surface area contributed by atoms with Gasteiger partial charge in [-0.2, -0.15) is 12.6 Å². The Labute approximate surface area is 137 Å². The van der Waals surface area contributed by atoms with Gasteiger partial charge >= 0.3 is 8.56 Å². The highest BCUT2D eigenvalue weighted by molar-refractivity contribution is 7.81. The molecule has 0 N–H and O–H groups in total. The number of rotatable bonds is 12. The largest absolute Gasteiger partial charge is 0.398 e. The van der Waals surface area contributed by atoms with E-state index in [4.69, 9.17) is 8.85 Å². The monoisotopic (exact) mass is 335 g/mol. The quantitative estimate of drug-likeness (QED) is 0.337. The number of nitrogens with zero attached hydrogens (tertiary/aromatic N) is 1. The third-order valence-electron chi connectivity index (χ3n) is 3.71. The summed E-state index contributed by atoms with van der Waals surface area (Å²) in [6.45, 7) is 6.82. The fourth-order valence-corrected chi connectivity index (χ4v) is 4.14. The molecule has 0 fully saturated rings. The van der Waals surface area contributed by atoms with Gasteiger partial charge in [0.25, 0.3) is 0 Å². The van der Waals surface area contributed by atoms with Crippen LogP contribution >= 0.6 is 12.6 Å². The maximum absolute atomic E-state index is 12.1. The lowest BCUT2D eigenvalue weighted by Crippen LogP contribution is -2.40. The van der Waals surface area contributed by atoms with Gasteiger partial charge in [0.2, 0.25) is 0 Å². The molecule has 0 radical (unpaired) electrons. The van der Waals surface area contributed by atoms with Crippen LogP contribution in [0.15, 0.2) is 0 Å². The van der Waals surface area contributed by atoms with Crippen LogP contribution in [0.25, 0.3) is 0 Å². The Hall–Kier alpha value is 0.117. The molecule has 0 saturated carbocycles. The van der Waals surface area contributed by atoms with Crippen molar-refractivity contribution in [2.75, 3.05) is 27.9 Å². The first-order valence-electron chi connectivity index (χ1n) is 7.77. The molecule has 0 aliphatic rings. The summed E-state index contributed by atoms with van der Waals surface area (Å²) in [6.07, 6.45) is 3.32. The minimum Gasteiger partial charge on any atom is -0.398 e. The van der Waals surface area contributed by atoms with Crippen molar-refractivity contribution in [3.8, 4) is 0 Å². The standard InChI is InChI=1S/C15H33NO3SSi/c1-7-8-15(20)13(2)11-14(17)9-10-21(6,18-5)19-12-16(3)4/h13,15,20H,7-12H2,1-6H3. The van der Waals surface area contributed by atoms with Crippen LogP contribution in [0, 0.1) is 5.92 Å². The maximum Gasteiger partial charge on any atom is 0.336 e. The summed E-state index contributed by atoms with van der Waals surface area (Å²) in [6, 6.07) is 0.716. The molecule has 0 aliphatic carbocycles. The number of hydrogen-bond acceptors (Lipinski definition) is 5. The van der Waals surface area contributed by atoms with Gasteiger partial charge in [-0.1, -0.05) is 20.3 Å². The van der Waals surface area contributed by atoms with E-state index in [1.165, 1.54) is 0 Å². The van der Waals surface area contributed by atoms with Crippen LogP contribution in [0.5, 0.6) is 0 Å². The van der Waals surface area contributed by atoms with E-state index in [1.807, 2.05) is 25.5 Å². The summed E-state index contributed by atoms with van der Waals surface area (Å²) in [5, 5.41) is 0.315. The molecule has 0 heterocycles. The van der Waals surface area contributed by atoms with E-state index >= 15 is 0 Å². The fourth-order valence-electron chi connectivity index (χ4n) is 2.04. The summed E-state index contributed by atoms with van der Waals surface area (Å²) in [7, 11) is 3.37.